The predicted octanol–water partition coefficient (Wildman–Crippen LogP) is 6.30. The van der Waals surface area contributed by atoms with E-state index in [0.717, 1.165) is 28.0 Å². The molecule has 192 valence electrons. The summed E-state index contributed by atoms with van der Waals surface area (Å²) in [4.78, 5) is 46.2. The Morgan fingerprint density at radius 1 is 0.897 bits per heavy atom. The van der Waals surface area contributed by atoms with Crippen molar-refractivity contribution in [2.24, 2.45) is 5.92 Å². The van der Waals surface area contributed by atoms with Gasteiger partial charge in [-0.15, -0.1) is 11.3 Å². The molecule has 0 aliphatic carbocycles. The first-order valence-electron chi connectivity index (χ1n) is 13.1. The van der Waals surface area contributed by atoms with Gasteiger partial charge >= 0.3 is 0 Å². The monoisotopic (exact) mass is 530 g/mol. The number of para-hydroxylation sites is 1. The molecule has 0 unspecified atom stereocenters. The van der Waals surface area contributed by atoms with E-state index in [9.17, 15) is 14.4 Å². The molecule has 7 rings (SSSR count). The molecule has 1 spiro atoms. The number of ketones is 2. The molecule has 0 bridgehead atoms. The summed E-state index contributed by atoms with van der Waals surface area (Å²) in [7, 11) is 0. The summed E-state index contributed by atoms with van der Waals surface area (Å²) in [5.74, 6) is -1.53. The highest BCUT2D eigenvalue weighted by molar-refractivity contribution is 7.12. The first-order valence-corrected chi connectivity index (χ1v) is 14.0. The number of Topliss-reactive ketones (excluding diaryl/α,β-unsaturated/α-hetero) is 2. The quantitative estimate of drug-likeness (QED) is 0.314. The maximum atomic E-state index is 14.7. The smallest absolute Gasteiger partial charge is 0.238 e. The van der Waals surface area contributed by atoms with Gasteiger partial charge in [0.1, 0.15) is 11.5 Å². The number of hydrogen-bond acceptors (Lipinski definition) is 5. The van der Waals surface area contributed by atoms with Crippen molar-refractivity contribution in [2.45, 2.75) is 31.3 Å². The third-order valence-electron chi connectivity index (χ3n) is 8.51. The molecule has 0 radical (unpaired) electrons. The van der Waals surface area contributed by atoms with Gasteiger partial charge in [-0.05, 0) is 54.6 Å². The van der Waals surface area contributed by atoms with Crippen molar-refractivity contribution in [2.75, 3.05) is 10.2 Å². The van der Waals surface area contributed by atoms with Crippen LogP contribution in [0.25, 0.3) is 5.57 Å². The van der Waals surface area contributed by atoms with Crippen molar-refractivity contribution < 1.29 is 14.4 Å². The highest BCUT2D eigenvalue weighted by atomic mass is 32.1. The van der Waals surface area contributed by atoms with Gasteiger partial charge in [-0.3, -0.25) is 14.4 Å². The first-order chi connectivity index (χ1) is 18.9. The molecule has 1 amide bonds. The van der Waals surface area contributed by atoms with Gasteiger partial charge in [-0.2, -0.15) is 0 Å². The number of allylic oxidation sites excluding steroid dienone is 1. The number of anilines is 2. The molecule has 3 aromatic carbocycles. The summed E-state index contributed by atoms with van der Waals surface area (Å²) < 4.78 is 0. The lowest BCUT2D eigenvalue weighted by Crippen LogP contribution is -2.51. The van der Waals surface area contributed by atoms with E-state index in [1.807, 2.05) is 79.9 Å². The molecule has 0 saturated carbocycles. The summed E-state index contributed by atoms with van der Waals surface area (Å²) in [6.07, 6.45) is 2.09. The van der Waals surface area contributed by atoms with E-state index in [1.54, 1.807) is 18.2 Å². The zero-order valence-corrected chi connectivity index (χ0v) is 22.4. The summed E-state index contributed by atoms with van der Waals surface area (Å²) in [6, 6.07) is 25.1. The number of aryl methyl sites for hydroxylation is 1. The molecule has 4 atom stereocenters. The second-order valence-corrected chi connectivity index (χ2v) is 11.5. The summed E-state index contributed by atoms with van der Waals surface area (Å²) in [5.41, 5.74) is 4.69. The Balaban J connectivity index is 1.57. The zero-order chi connectivity index (χ0) is 26.9. The van der Waals surface area contributed by atoms with E-state index in [0.29, 0.717) is 16.1 Å². The zero-order valence-electron chi connectivity index (χ0n) is 21.5. The van der Waals surface area contributed by atoms with Crippen LogP contribution in [-0.2, 0) is 10.2 Å². The minimum absolute atomic E-state index is 0.141. The number of amides is 1. The van der Waals surface area contributed by atoms with E-state index < -0.39 is 23.4 Å². The number of rotatable bonds is 4. The van der Waals surface area contributed by atoms with Crippen LogP contribution in [0.4, 0.5) is 11.4 Å². The molecule has 1 saturated heterocycles. The number of fused-ring (bicyclic) bond motifs is 6. The molecule has 39 heavy (non-hydrogen) atoms. The molecule has 1 N–H and O–H groups in total. The number of nitrogens with one attached hydrogen (secondary N) is 1. The van der Waals surface area contributed by atoms with Crippen molar-refractivity contribution in [3.05, 3.63) is 124 Å². The van der Waals surface area contributed by atoms with Gasteiger partial charge in [0.2, 0.25) is 5.91 Å². The molecule has 4 aromatic rings. The highest BCUT2D eigenvalue weighted by Gasteiger charge is 2.70. The minimum Gasteiger partial charge on any atom is -0.352 e. The van der Waals surface area contributed by atoms with Gasteiger partial charge in [0, 0.05) is 22.5 Å². The summed E-state index contributed by atoms with van der Waals surface area (Å²) >= 11 is 1.37. The van der Waals surface area contributed by atoms with E-state index in [4.69, 9.17) is 0 Å². The van der Waals surface area contributed by atoms with Crippen LogP contribution in [0.15, 0.2) is 96.4 Å². The molecule has 3 aliphatic rings. The molecule has 1 aromatic heterocycles. The maximum absolute atomic E-state index is 14.7. The van der Waals surface area contributed by atoms with Gasteiger partial charge in [0.05, 0.1) is 16.8 Å². The molecule has 6 heteroatoms. The van der Waals surface area contributed by atoms with Crippen LogP contribution in [0, 0.1) is 12.8 Å². The minimum atomic E-state index is -1.29. The van der Waals surface area contributed by atoms with Crippen LogP contribution in [0.1, 0.15) is 43.6 Å². The maximum Gasteiger partial charge on any atom is 0.238 e. The Kier molecular flexibility index (Phi) is 5.26. The number of thiophene rings is 1. The molecule has 3 aliphatic heterocycles. The first kappa shape index (κ1) is 23.8. The Labute approximate surface area is 230 Å². The number of benzene rings is 3. The lowest BCUT2D eigenvalue weighted by molar-refractivity contribution is -0.121. The second kappa shape index (κ2) is 8.61. The standard InChI is InChI=1S/C33H26N2O3S/c1-19-14-15-25-22(17-19)20(2)18-27-33(23-11-6-7-12-24(23)34-32(33)38)28(30(36)21-9-4-3-5-10-21)29(35(25)27)31(37)26-13-8-16-39-26/h3-18,27-29H,1-2H3,(H,34,38)/t27-,28-,29+,33-/m1/s1. The van der Waals surface area contributed by atoms with Crippen LogP contribution < -0.4 is 10.2 Å². The van der Waals surface area contributed by atoms with Crippen molar-refractivity contribution in [3.8, 4) is 0 Å². The Bertz CT molecular complexity index is 1690. The molecular weight excluding hydrogens is 504 g/mol. The van der Waals surface area contributed by atoms with Crippen LogP contribution in [0.5, 0.6) is 0 Å². The van der Waals surface area contributed by atoms with Crippen LogP contribution in [-0.4, -0.2) is 29.6 Å². The molecule has 5 nitrogen and oxygen atoms in total. The van der Waals surface area contributed by atoms with Crippen molar-refractivity contribution in [1.29, 1.82) is 0 Å². The van der Waals surface area contributed by atoms with Crippen molar-refractivity contribution in [3.63, 3.8) is 0 Å². The molecule has 1 fully saturated rings. The van der Waals surface area contributed by atoms with Crippen LogP contribution in [0.3, 0.4) is 0 Å². The van der Waals surface area contributed by atoms with Gasteiger partial charge in [0.15, 0.2) is 11.6 Å². The van der Waals surface area contributed by atoms with Gasteiger partial charge in [-0.25, -0.2) is 0 Å². The summed E-state index contributed by atoms with van der Waals surface area (Å²) in [5, 5.41) is 4.96. The Morgan fingerprint density at radius 2 is 1.67 bits per heavy atom. The van der Waals surface area contributed by atoms with E-state index in [2.05, 4.69) is 22.4 Å². The molecular formula is C33H26N2O3S. The predicted molar refractivity (Wildman–Crippen MR) is 155 cm³/mol. The largest absolute Gasteiger partial charge is 0.352 e. The fourth-order valence-electron chi connectivity index (χ4n) is 6.89. The van der Waals surface area contributed by atoms with Crippen LogP contribution >= 0.6 is 11.3 Å². The third-order valence-corrected chi connectivity index (χ3v) is 9.39. The van der Waals surface area contributed by atoms with Crippen molar-refractivity contribution >= 4 is 45.8 Å². The number of nitrogens with zero attached hydrogens (tertiary/aromatic N) is 1. The van der Waals surface area contributed by atoms with E-state index in [-0.39, 0.29) is 17.5 Å². The normalized spacial score (nSPS) is 24.6. The Morgan fingerprint density at radius 3 is 2.44 bits per heavy atom. The van der Waals surface area contributed by atoms with Gasteiger partial charge < -0.3 is 10.2 Å². The Hall–Kier alpha value is -4.29. The van der Waals surface area contributed by atoms with Crippen molar-refractivity contribution in [1.82, 2.24) is 0 Å². The fraction of sp³-hybridized carbons (Fsp3) is 0.182. The number of carbonyl (C=O) groups is 3. The van der Waals surface area contributed by atoms with Gasteiger partial charge in [0.25, 0.3) is 0 Å². The fourth-order valence-corrected chi connectivity index (χ4v) is 7.59. The van der Waals surface area contributed by atoms with Gasteiger partial charge in [-0.1, -0.05) is 72.3 Å². The molecule has 4 heterocycles. The van der Waals surface area contributed by atoms with Crippen LogP contribution in [0.2, 0.25) is 0 Å². The number of hydrogen-bond donors (Lipinski definition) is 1. The summed E-state index contributed by atoms with van der Waals surface area (Å²) in [6.45, 7) is 4.09. The average molecular weight is 531 g/mol. The van der Waals surface area contributed by atoms with E-state index >= 15 is 0 Å². The van der Waals surface area contributed by atoms with E-state index in [1.165, 1.54) is 11.3 Å². The average Bonchev–Trinajstić information content (AvgIpc) is 3.66. The SMILES string of the molecule is CC1=C[C@H]2N(c3ccc(C)cc31)[C@H](C(=O)c1cccs1)[C@H](C(=O)c1ccccc1)[C@]21C(=O)Nc2ccccc21. The second-order valence-electron chi connectivity index (χ2n) is 10.6. The lowest BCUT2D eigenvalue weighted by Gasteiger charge is -2.39. The highest BCUT2D eigenvalue weighted by Crippen LogP contribution is 2.59. The topological polar surface area (TPSA) is 66.5 Å². The number of carbonyl (C=O) groups excluding carboxylic acids is 3. The lowest BCUT2D eigenvalue weighted by atomic mass is 9.64. The third kappa shape index (κ3) is 3.21.